The summed E-state index contributed by atoms with van der Waals surface area (Å²) in [4.78, 5) is 0. The van der Waals surface area contributed by atoms with Crippen LogP contribution < -0.4 is 0 Å². The molecule has 1 rings (SSSR count). The summed E-state index contributed by atoms with van der Waals surface area (Å²) in [6, 6.07) is 0. The Morgan fingerprint density at radius 1 is 0.962 bits per heavy atom. The van der Waals surface area contributed by atoms with Gasteiger partial charge in [-0.3, -0.25) is 0 Å². The van der Waals surface area contributed by atoms with Crippen LogP contribution in [0.5, 0.6) is 0 Å². The Labute approximate surface area is 179 Å². The second-order valence-corrected chi connectivity index (χ2v) is 13.9. The van der Waals surface area contributed by atoms with Gasteiger partial charge in [0.2, 0.25) is 0 Å². The van der Waals surface area contributed by atoms with Gasteiger partial charge in [-0.2, -0.15) is 0 Å². The minimum absolute atomic E-state index is 0.0605. The van der Waals surface area contributed by atoms with Crippen LogP contribution in [0.4, 0.5) is 0 Å². The van der Waals surface area contributed by atoms with Crippen molar-refractivity contribution in [2.24, 2.45) is 40.9 Å². The van der Waals surface area contributed by atoms with Gasteiger partial charge in [0, 0.05) is 0 Å². The fourth-order valence-corrected chi connectivity index (χ4v) is 7.66. The van der Waals surface area contributed by atoms with E-state index in [9.17, 15) is 5.11 Å². The first-order valence-corrected chi connectivity index (χ1v) is 13.8. The van der Waals surface area contributed by atoms with E-state index >= 15 is 0 Å². The fourth-order valence-electron chi connectivity index (χ4n) is 4.24. The molecule has 151 valence electrons. The van der Waals surface area contributed by atoms with Crippen molar-refractivity contribution in [2.45, 2.75) is 77.9 Å². The molecule has 1 saturated carbocycles. The quantitative estimate of drug-likeness (QED) is 0.340. The predicted octanol–water partition coefficient (Wildman–Crippen LogP) is 4.96. The standard InChI is InChI=1S/C22H43O3.Hg/c1-14(2)16(4)13-24-10-11-25-19-12-15(3)20(18(6)17(19)5)21(23)22(7,8)9;/h12,14-21,23H,10-11,13H2,1-9H3;/t15-,16?,17?,18+,19+,20?,21-;/m0./s1. The third-order valence-corrected chi connectivity index (χ3v) is 11.7. The molecule has 0 heterocycles. The molecule has 0 amide bonds. The average molecular weight is 556 g/mol. The van der Waals surface area contributed by atoms with Crippen LogP contribution in [0.3, 0.4) is 0 Å². The van der Waals surface area contributed by atoms with Gasteiger partial charge in [0.15, 0.2) is 0 Å². The van der Waals surface area contributed by atoms with E-state index in [0.29, 0.717) is 84.4 Å². The van der Waals surface area contributed by atoms with Gasteiger partial charge in [0.25, 0.3) is 0 Å². The Morgan fingerprint density at radius 2 is 1.54 bits per heavy atom. The van der Waals surface area contributed by atoms with Crippen LogP contribution in [0.2, 0.25) is 3.43 Å². The van der Waals surface area contributed by atoms with Crippen LogP contribution in [0.25, 0.3) is 0 Å². The summed E-state index contributed by atoms with van der Waals surface area (Å²) < 4.78 is 12.8. The zero-order valence-electron chi connectivity index (χ0n) is 18.8. The summed E-state index contributed by atoms with van der Waals surface area (Å²) >= 11 is 0.629. The maximum atomic E-state index is 11.0. The number of aliphatic hydroxyl groups is 1. The second-order valence-electron chi connectivity index (χ2n) is 10.3. The number of hydrogen-bond acceptors (Lipinski definition) is 3. The molecule has 1 fully saturated rings. The van der Waals surface area contributed by atoms with Crippen molar-refractivity contribution in [1.29, 1.82) is 0 Å². The van der Waals surface area contributed by atoms with Crippen LogP contribution in [0.1, 0.15) is 62.3 Å². The monoisotopic (exact) mass is 557 g/mol. The van der Waals surface area contributed by atoms with Gasteiger partial charge in [-0.1, -0.05) is 0 Å². The average Bonchev–Trinajstić information content (AvgIpc) is 2.54. The van der Waals surface area contributed by atoms with Gasteiger partial charge in [0.1, 0.15) is 0 Å². The van der Waals surface area contributed by atoms with Crippen molar-refractivity contribution in [3.8, 4) is 0 Å². The Hall–Kier alpha value is 0.815. The minimum atomic E-state index is -0.247. The van der Waals surface area contributed by atoms with E-state index in [1.165, 1.54) is 0 Å². The Kier molecular flexibility index (Phi) is 10.1. The van der Waals surface area contributed by atoms with E-state index in [-0.39, 0.29) is 11.5 Å². The SMILES string of the molecule is CC(C)C(C)COCCO[C@H]1C(C)[C@@H](C)C([C@H](O)C(C)(C)C)[C@@H](C)[CH]1[Hg]. The molecular formula is C22H43HgO3. The molecule has 0 bridgehead atoms. The molecule has 0 aromatic rings. The summed E-state index contributed by atoms with van der Waals surface area (Å²) in [6.07, 6.45) is 0.0840. The molecule has 0 aliphatic heterocycles. The molecule has 26 heavy (non-hydrogen) atoms. The van der Waals surface area contributed by atoms with E-state index in [1.807, 2.05) is 0 Å². The Bertz CT molecular complexity index is 391. The first-order valence-electron chi connectivity index (χ1n) is 10.6. The fraction of sp³-hybridized carbons (Fsp3) is 1.00. The number of aliphatic hydroxyl groups excluding tert-OH is 1. The van der Waals surface area contributed by atoms with Crippen molar-refractivity contribution >= 4 is 0 Å². The van der Waals surface area contributed by atoms with Crippen molar-refractivity contribution < 1.29 is 40.7 Å². The van der Waals surface area contributed by atoms with Crippen molar-refractivity contribution in [2.75, 3.05) is 19.8 Å². The van der Waals surface area contributed by atoms with E-state index in [2.05, 4.69) is 62.3 Å². The number of ether oxygens (including phenoxy) is 2. The van der Waals surface area contributed by atoms with Gasteiger partial charge in [-0.05, 0) is 0 Å². The predicted molar refractivity (Wildman–Crippen MR) is 105 cm³/mol. The van der Waals surface area contributed by atoms with E-state index in [0.717, 1.165) is 6.61 Å². The third kappa shape index (κ3) is 6.42. The van der Waals surface area contributed by atoms with Gasteiger partial charge in [-0.15, -0.1) is 0 Å². The molecule has 1 N–H and O–H groups in total. The molecule has 1 aliphatic carbocycles. The third-order valence-electron chi connectivity index (χ3n) is 6.97. The molecule has 4 heteroatoms. The summed E-state index contributed by atoms with van der Waals surface area (Å²) in [6.45, 7) is 22.4. The van der Waals surface area contributed by atoms with E-state index < -0.39 is 0 Å². The second kappa shape index (κ2) is 10.6. The normalized spacial score (nSPS) is 35.6. The van der Waals surface area contributed by atoms with Crippen molar-refractivity contribution in [3.05, 3.63) is 0 Å². The van der Waals surface area contributed by atoms with Crippen LogP contribution in [0.15, 0.2) is 0 Å². The van der Waals surface area contributed by atoms with Crippen LogP contribution in [0, 0.1) is 40.9 Å². The zero-order valence-corrected chi connectivity index (χ0v) is 24.3. The molecular weight excluding hydrogens is 513 g/mol. The summed E-state index contributed by atoms with van der Waals surface area (Å²) in [7, 11) is 0. The van der Waals surface area contributed by atoms with Gasteiger partial charge < -0.3 is 0 Å². The molecule has 0 saturated heterocycles. The van der Waals surface area contributed by atoms with Gasteiger partial charge in [0.05, 0.1) is 0 Å². The van der Waals surface area contributed by atoms with Crippen molar-refractivity contribution in [3.63, 3.8) is 0 Å². The molecule has 1 aliphatic rings. The molecule has 0 radical (unpaired) electrons. The summed E-state index contributed by atoms with van der Waals surface area (Å²) in [5, 5.41) is 11.0. The molecule has 3 nitrogen and oxygen atoms in total. The molecule has 8 atom stereocenters. The molecule has 0 spiro atoms. The van der Waals surface area contributed by atoms with Crippen molar-refractivity contribution in [1.82, 2.24) is 0 Å². The van der Waals surface area contributed by atoms with Crippen LogP contribution >= 0.6 is 0 Å². The Balaban J connectivity index is 2.60. The summed E-state index contributed by atoms with van der Waals surface area (Å²) in [5.74, 6) is 3.13. The Morgan fingerprint density at radius 3 is 2.04 bits per heavy atom. The van der Waals surface area contributed by atoms with Crippen LogP contribution in [-0.4, -0.2) is 37.1 Å². The molecule has 0 aromatic carbocycles. The maximum absolute atomic E-state index is 11.0. The molecule has 4 unspecified atom stereocenters. The summed E-state index contributed by atoms with van der Waals surface area (Å²) in [5.41, 5.74) is -0.0605. The topological polar surface area (TPSA) is 38.7 Å². The first kappa shape index (κ1) is 24.9. The first-order chi connectivity index (χ1) is 11.9. The molecule has 0 aromatic heterocycles. The zero-order chi connectivity index (χ0) is 20.2. The van der Waals surface area contributed by atoms with Crippen LogP contribution in [-0.2, 0) is 35.6 Å². The van der Waals surface area contributed by atoms with Gasteiger partial charge in [-0.25, -0.2) is 0 Å². The number of hydrogen-bond donors (Lipinski definition) is 1. The van der Waals surface area contributed by atoms with E-state index in [1.54, 1.807) is 0 Å². The van der Waals surface area contributed by atoms with E-state index in [4.69, 9.17) is 9.47 Å². The number of rotatable bonds is 8. The van der Waals surface area contributed by atoms with Gasteiger partial charge >= 0.3 is 179 Å².